The van der Waals surface area contributed by atoms with Crippen LogP contribution in [-0.2, 0) is 6.54 Å². The van der Waals surface area contributed by atoms with Gasteiger partial charge in [-0.3, -0.25) is 0 Å². The second-order valence-electron chi connectivity index (χ2n) is 4.30. The second kappa shape index (κ2) is 4.68. The largest absolute Gasteiger partial charge is 0.326 e. The quantitative estimate of drug-likeness (QED) is 0.837. The van der Waals surface area contributed by atoms with Crippen molar-refractivity contribution in [3.63, 3.8) is 0 Å². The summed E-state index contributed by atoms with van der Waals surface area (Å²) in [6, 6.07) is 10.8. The maximum atomic E-state index is 12.9. The van der Waals surface area contributed by atoms with Gasteiger partial charge in [-0.2, -0.15) is 0 Å². The number of hydrogen-bond acceptors (Lipinski definition) is 1. The fourth-order valence-corrected chi connectivity index (χ4v) is 2.12. The topological polar surface area (TPSA) is 26.0 Å². The van der Waals surface area contributed by atoms with Gasteiger partial charge in [-0.15, -0.1) is 0 Å². The predicted octanol–water partition coefficient (Wildman–Crippen LogP) is 3.57. The summed E-state index contributed by atoms with van der Waals surface area (Å²) in [7, 11) is 0. The average Bonchev–Trinajstić information content (AvgIpc) is 2.29. The van der Waals surface area contributed by atoms with Crippen molar-refractivity contribution in [3.05, 3.63) is 58.9 Å². The zero-order chi connectivity index (χ0) is 12.4. The molecular formula is C15H16FN. The normalized spacial score (nSPS) is 10.6. The van der Waals surface area contributed by atoms with Crippen LogP contribution in [0.2, 0.25) is 0 Å². The smallest absolute Gasteiger partial charge is 0.123 e. The number of aryl methyl sites for hydroxylation is 2. The first kappa shape index (κ1) is 11.8. The Hall–Kier alpha value is -1.67. The number of rotatable bonds is 2. The third-order valence-electron chi connectivity index (χ3n) is 3.08. The van der Waals surface area contributed by atoms with Crippen molar-refractivity contribution in [2.45, 2.75) is 20.4 Å². The van der Waals surface area contributed by atoms with Gasteiger partial charge in [0.1, 0.15) is 5.82 Å². The molecule has 2 rings (SSSR count). The molecule has 0 spiro atoms. The Labute approximate surface area is 101 Å². The minimum absolute atomic E-state index is 0.208. The molecule has 0 atom stereocenters. The molecule has 0 unspecified atom stereocenters. The van der Waals surface area contributed by atoms with E-state index in [2.05, 4.69) is 26.0 Å². The van der Waals surface area contributed by atoms with Gasteiger partial charge in [0.2, 0.25) is 0 Å². The summed E-state index contributed by atoms with van der Waals surface area (Å²) in [4.78, 5) is 0. The van der Waals surface area contributed by atoms with E-state index in [-0.39, 0.29) is 5.82 Å². The highest BCUT2D eigenvalue weighted by Crippen LogP contribution is 2.25. The fourth-order valence-electron chi connectivity index (χ4n) is 2.12. The summed E-state index contributed by atoms with van der Waals surface area (Å²) < 4.78 is 12.9. The lowest BCUT2D eigenvalue weighted by Crippen LogP contribution is -2.02. The molecule has 0 bridgehead atoms. The molecule has 88 valence electrons. The van der Waals surface area contributed by atoms with E-state index in [9.17, 15) is 4.39 Å². The first-order valence-corrected chi connectivity index (χ1v) is 5.68. The fraction of sp³-hybridized carbons (Fsp3) is 0.200. The van der Waals surface area contributed by atoms with Crippen LogP contribution in [0.5, 0.6) is 0 Å². The van der Waals surface area contributed by atoms with Crippen molar-refractivity contribution in [3.8, 4) is 11.1 Å². The van der Waals surface area contributed by atoms with Gasteiger partial charge in [0.25, 0.3) is 0 Å². The van der Waals surface area contributed by atoms with Gasteiger partial charge in [-0.1, -0.05) is 24.3 Å². The summed E-state index contributed by atoms with van der Waals surface area (Å²) in [5.74, 6) is -0.208. The van der Waals surface area contributed by atoms with Gasteiger partial charge in [0.15, 0.2) is 0 Å². The lowest BCUT2D eigenvalue weighted by Gasteiger charge is -2.11. The summed E-state index contributed by atoms with van der Waals surface area (Å²) in [6.45, 7) is 4.67. The first-order chi connectivity index (χ1) is 8.11. The highest BCUT2D eigenvalue weighted by molar-refractivity contribution is 5.66. The first-order valence-electron chi connectivity index (χ1n) is 5.68. The Morgan fingerprint density at radius 3 is 1.94 bits per heavy atom. The minimum atomic E-state index is -0.208. The zero-order valence-electron chi connectivity index (χ0n) is 10.1. The van der Waals surface area contributed by atoms with Gasteiger partial charge >= 0.3 is 0 Å². The monoisotopic (exact) mass is 229 g/mol. The molecule has 2 aromatic rings. The lowest BCUT2D eigenvalue weighted by atomic mass is 9.96. The maximum absolute atomic E-state index is 12.9. The van der Waals surface area contributed by atoms with Crippen LogP contribution in [0.3, 0.4) is 0 Å². The SMILES string of the molecule is Cc1cc(-c2ccc(F)cc2)cc(C)c1CN. The highest BCUT2D eigenvalue weighted by Gasteiger charge is 2.05. The van der Waals surface area contributed by atoms with Crippen molar-refractivity contribution >= 4 is 0 Å². The van der Waals surface area contributed by atoms with E-state index in [1.165, 1.54) is 28.8 Å². The molecule has 1 nitrogen and oxygen atoms in total. The van der Waals surface area contributed by atoms with E-state index < -0.39 is 0 Å². The number of hydrogen-bond donors (Lipinski definition) is 1. The molecule has 0 saturated carbocycles. The van der Waals surface area contributed by atoms with Crippen molar-refractivity contribution in [2.75, 3.05) is 0 Å². The molecule has 17 heavy (non-hydrogen) atoms. The molecule has 0 saturated heterocycles. The van der Waals surface area contributed by atoms with Gasteiger partial charge in [0, 0.05) is 6.54 Å². The van der Waals surface area contributed by atoms with E-state index in [4.69, 9.17) is 5.73 Å². The standard InChI is InChI=1S/C15H16FN/c1-10-7-13(8-11(2)15(10)9-17)12-3-5-14(16)6-4-12/h3-8H,9,17H2,1-2H3. The van der Waals surface area contributed by atoms with Crippen molar-refractivity contribution in [2.24, 2.45) is 5.73 Å². The van der Waals surface area contributed by atoms with Gasteiger partial charge in [-0.05, 0) is 53.8 Å². The molecule has 0 radical (unpaired) electrons. The van der Waals surface area contributed by atoms with Crippen LogP contribution in [-0.4, -0.2) is 0 Å². The maximum Gasteiger partial charge on any atom is 0.123 e. The van der Waals surface area contributed by atoms with Crippen LogP contribution in [0.15, 0.2) is 36.4 Å². The number of benzene rings is 2. The number of nitrogens with two attached hydrogens (primary N) is 1. The average molecular weight is 229 g/mol. The third kappa shape index (κ3) is 2.37. The molecule has 2 aromatic carbocycles. The summed E-state index contributed by atoms with van der Waals surface area (Å²) >= 11 is 0. The second-order valence-corrected chi connectivity index (χ2v) is 4.30. The Balaban J connectivity index is 2.50. The van der Waals surface area contributed by atoms with Crippen molar-refractivity contribution < 1.29 is 4.39 Å². The molecule has 2 N–H and O–H groups in total. The Morgan fingerprint density at radius 2 is 1.47 bits per heavy atom. The van der Waals surface area contributed by atoms with Crippen molar-refractivity contribution in [1.82, 2.24) is 0 Å². The molecule has 0 aliphatic rings. The summed E-state index contributed by atoms with van der Waals surface area (Å²) in [5, 5.41) is 0. The number of halogens is 1. The van der Waals surface area contributed by atoms with Gasteiger partial charge < -0.3 is 5.73 Å². The van der Waals surface area contributed by atoms with E-state index in [0.29, 0.717) is 6.54 Å². The van der Waals surface area contributed by atoms with Gasteiger partial charge in [-0.25, -0.2) is 4.39 Å². The minimum Gasteiger partial charge on any atom is -0.326 e. The van der Waals surface area contributed by atoms with E-state index in [1.54, 1.807) is 12.1 Å². The molecule has 0 aromatic heterocycles. The molecule has 0 fully saturated rings. The van der Waals surface area contributed by atoms with Crippen LogP contribution >= 0.6 is 0 Å². The van der Waals surface area contributed by atoms with E-state index >= 15 is 0 Å². The molecular weight excluding hydrogens is 213 g/mol. The Morgan fingerprint density at radius 1 is 0.941 bits per heavy atom. The summed E-state index contributed by atoms with van der Waals surface area (Å²) in [6.07, 6.45) is 0. The van der Waals surface area contributed by atoms with Crippen LogP contribution < -0.4 is 5.73 Å². The van der Waals surface area contributed by atoms with Crippen LogP contribution in [0.4, 0.5) is 4.39 Å². The summed E-state index contributed by atoms with van der Waals surface area (Å²) in [5.41, 5.74) is 11.4. The Kier molecular flexibility index (Phi) is 3.25. The molecule has 2 heteroatoms. The predicted molar refractivity (Wildman–Crippen MR) is 69.2 cm³/mol. The van der Waals surface area contributed by atoms with Crippen LogP contribution in [0.25, 0.3) is 11.1 Å². The Bertz CT molecular complexity index is 506. The molecule has 0 aliphatic carbocycles. The lowest BCUT2D eigenvalue weighted by molar-refractivity contribution is 0.628. The molecule has 0 aliphatic heterocycles. The van der Waals surface area contributed by atoms with Crippen LogP contribution in [0.1, 0.15) is 16.7 Å². The van der Waals surface area contributed by atoms with Gasteiger partial charge in [0.05, 0.1) is 0 Å². The molecule has 0 amide bonds. The van der Waals surface area contributed by atoms with Crippen LogP contribution in [0, 0.1) is 19.7 Å². The van der Waals surface area contributed by atoms with E-state index in [0.717, 1.165) is 11.1 Å². The molecule has 0 heterocycles. The van der Waals surface area contributed by atoms with Crippen molar-refractivity contribution in [1.29, 1.82) is 0 Å². The highest BCUT2D eigenvalue weighted by atomic mass is 19.1. The third-order valence-corrected chi connectivity index (χ3v) is 3.08. The van der Waals surface area contributed by atoms with E-state index in [1.807, 2.05) is 0 Å². The zero-order valence-corrected chi connectivity index (χ0v) is 10.1.